The minimum absolute atomic E-state index is 0.0610. The molecule has 0 unspecified atom stereocenters. The van der Waals surface area contributed by atoms with Gasteiger partial charge in [0.25, 0.3) is 0 Å². The number of nitrogens with zero attached hydrogens (tertiary/aromatic N) is 1. The third-order valence-corrected chi connectivity index (χ3v) is 6.24. The second-order valence-corrected chi connectivity index (χ2v) is 8.59. The van der Waals surface area contributed by atoms with Crippen molar-refractivity contribution in [1.82, 2.24) is 0 Å². The molecule has 1 fully saturated rings. The van der Waals surface area contributed by atoms with Gasteiger partial charge in [0.05, 0.1) is 31.1 Å². The molecule has 2 aromatic carbocycles. The second kappa shape index (κ2) is 7.99. The number of morpholine rings is 1. The lowest BCUT2D eigenvalue weighted by atomic mass is 10.1. The molecule has 2 aromatic rings. The van der Waals surface area contributed by atoms with E-state index in [2.05, 4.69) is 0 Å². The molecule has 2 heterocycles. The fraction of sp³-hybridized carbons (Fsp3) is 0.400. The average molecular weight is 443 g/mol. The van der Waals surface area contributed by atoms with Crippen LogP contribution in [0.2, 0.25) is 0 Å². The fourth-order valence-corrected chi connectivity index (χ4v) is 4.42. The molecule has 30 heavy (non-hydrogen) atoms. The molecule has 0 radical (unpaired) electrons. The van der Waals surface area contributed by atoms with Crippen molar-refractivity contribution in [3.63, 3.8) is 0 Å². The first-order valence-electron chi connectivity index (χ1n) is 9.48. The van der Waals surface area contributed by atoms with Gasteiger partial charge in [-0.1, -0.05) is 6.07 Å². The molecule has 1 saturated heterocycles. The Morgan fingerprint density at radius 3 is 2.50 bits per heavy atom. The van der Waals surface area contributed by atoms with Crippen molar-refractivity contribution in [2.24, 2.45) is 0 Å². The maximum atomic E-state index is 13.2. The van der Waals surface area contributed by atoms with Gasteiger partial charge < -0.3 is 18.6 Å². The van der Waals surface area contributed by atoms with Gasteiger partial charge in [-0.05, 0) is 42.7 Å². The van der Waals surface area contributed by atoms with Gasteiger partial charge in [-0.25, -0.2) is 0 Å². The van der Waals surface area contributed by atoms with Crippen molar-refractivity contribution in [3.8, 4) is 11.5 Å². The number of rotatable bonds is 4. The van der Waals surface area contributed by atoms with Crippen molar-refractivity contribution >= 4 is 15.8 Å². The van der Waals surface area contributed by atoms with Crippen LogP contribution < -0.4 is 13.8 Å². The Bertz CT molecular complexity index is 1030. The highest BCUT2D eigenvalue weighted by molar-refractivity contribution is 7.87. The molecule has 0 bridgehead atoms. The summed E-state index contributed by atoms with van der Waals surface area (Å²) in [5.41, 5.74) is 0.0885. The van der Waals surface area contributed by atoms with Crippen LogP contribution in [0.15, 0.2) is 41.3 Å². The van der Waals surface area contributed by atoms with Crippen LogP contribution in [0.4, 0.5) is 18.9 Å². The highest BCUT2D eigenvalue weighted by atomic mass is 32.2. The summed E-state index contributed by atoms with van der Waals surface area (Å²) in [5, 5.41) is 0. The number of fused-ring (bicyclic) bond motifs is 1. The molecular weight excluding hydrogens is 423 g/mol. The van der Waals surface area contributed by atoms with Crippen molar-refractivity contribution in [1.29, 1.82) is 0 Å². The van der Waals surface area contributed by atoms with E-state index in [-0.39, 0.29) is 16.3 Å². The molecular formula is C20H20F3NO5S. The monoisotopic (exact) mass is 443 g/mol. The summed E-state index contributed by atoms with van der Waals surface area (Å²) in [6.45, 7) is 1.79. The number of halogens is 3. The SMILES string of the molecule is O=S(=O)(Oc1ccc(C(F)(F)F)cc1N1CCOCC1)c1ccc2c(c1)OCCC2. The number of ether oxygens (including phenoxy) is 2. The highest BCUT2D eigenvalue weighted by Gasteiger charge is 2.33. The van der Waals surface area contributed by atoms with Gasteiger partial charge in [-0.15, -0.1) is 0 Å². The van der Waals surface area contributed by atoms with E-state index >= 15 is 0 Å². The third-order valence-electron chi connectivity index (χ3n) is 5.01. The van der Waals surface area contributed by atoms with Crippen LogP contribution in [0.1, 0.15) is 17.5 Å². The van der Waals surface area contributed by atoms with Gasteiger partial charge in [0, 0.05) is 19.2 Å². The molecule has 0 N–H and O–H groups in total. The molecule has 0 aliphatic carbocycles. The minimum Gasteiger partial charge on any atom is -0.493 e. The first-order chi connectivity index (χ1) is 14.2. The van der Waals surface area contributed by atoms with E-state index in [1.54, 1.807) is 11.0 Å². The van der Waals surface area contributed by atoms with E-state index in [9.17, 15) is 21.6 Å². The molecule has 0 atom stereocenters. The maximum Gasteiger partial charge on any atom is 0.416 e. The summed E-state index contributed by atoms with van der Waals surface area (Å²) < 4.78 is 81.4. The average Bonchev–Trinajstić information content (AvgIpc) is 2.73. The normalized spacial score (nSPS) is 17.2. The van der Waals surface area contributed by atoms with Crippen LogP contribution in [0, 0.1) is 0 Å². The van der Waals surface area contributed by atoms with Crippen LogP contribution in [0.3, 0.4) is 0 Å². The van der Waals surface area contributed by atoms with Crippen LogP contribution in [0.5, 0.6) is 11.5 Å². The van der Waals surface area contributed by atoms with Crippen LogP contribution in [0.25, 0.3) is 0 Å². The van der Waals surface area contributed by atoms with Crippen molar-refractivity contribution < 1.29 is 35.2 Å². The van der Waals surface area contributed by atoms with E-state index < -0.39 is 21.9 Å². The van der Waals surface area contributed by atoms with Crippen molar-refractivity contribution in [2.45, 2.75) is 23.9 Å². The molecule has 0 saturated carbocycles. The summed E-state index contributed by atoms with van der Waals surface area (Å²) in [5.74, 6) is 0.315. The van der Waals surface area contributed by atoms with Gasteiger partial charge in [-0.3, -0.25) is 0 Å². The zero-order valence-corrected chi connectivity index (χ0v) is 16.8. The van der Waals surface area contributed by atoms with Gasteiger partial charge >= 0.3 is 16.3 Å². The van der Waals surface area contributed by atoms with Crippen molar-refractivity contribution in [3.05, 3.63) is 47.5 Å². The van der Waals surface area contributed by atoms with Crippen LogP contribution in [-0.4, -0.2) is 41.3 Å². The van der Waals surface area contributed by atoms with Gasteiger partial charge in [-0.2, -0.15) is 21.6 Å². The lowest BCUT2D eigenvalue weighted by Gasteiger charge is -2.30. The number of hydrogen-bond donors (Lipinski definition) is 0. The second-order valence-electron chi connectivity index (χ2n) is 7.04. The Morgan fingerprint density at radius 2 is 1.77 bits per heavy atom. The molecule has 6 nitrogen and oxygen atoms in total. The van der Waals surface area contributed by atoms with Crippen LogP contribution in [-0.2, 0) is 27.5 Å². The third kappa shape index (κ3) is 4.34. The minimum atomic E-state index is -4.56. The van der Waals surface area contributed by atoms with E-state index in [1.807, 2.05) is 0 Å². The number of aryl methyl sites for hydroxylation is 1. The first-order valence-corrected chi connectivity index (χ1v) is 10.9. The first kappa shape index (κ1) is 20.8. The maximum absolute atomic E-state index is 13.2. The largest absolute Gasteiger partial charge is 0.493 e. The predicted molar refractivity (Wildman–Crippen MR) is 103 cm³/mol. The summed E-state index contributed by atoms with van der Waals surface area (Å²) >= 11 is 0. The van der Waals surface area contributed by atoms with E-state index in [0.717, 1.165) is 36.6 Å². The number of hydrogen-bond acceptors (Lipinski definition) is 6. The van der Waals surface area contributed by atoms with Crippen LogP contribution >= 0.6 is 0 Å². The summed E-state index contributed by atoms with van der Waals surface area (Å²) in [6.07, 6.45) is -2.92. The van der Waals surface area contributed by atoms with Crippen molar-refractivity contribution in [2.75, 3.05) is 37.8 Å². The molecule has 10 heteroatoms. The Balaban J connectivity index is 1.69. The highest BCUT2D eigenvalue weighted by Crippen LogP contribution is 2.38. The topological polar surface area (TPSA) is 65.1 Å². The molecule has 4 rings (SSSR count). The number of anilines is 1. The van der Waals surface area contributed by atoms with E-state index in [0.29, 0.717) is 38.7 Å². The van der Waals surface area contributed by atoms with E-state index in [4.69, 9.17) is 13.7 Å². The quantitative estimate of drug-likeness (QED) is 0.673. The fourth-order valence-electron chi connectivity index (χ4n) is 3.46. The molecule has 0 amide bonds. The zero-order valence-electron chi connectivity index (χ0n) is 15.9. The summed E-state index contributed by atoms with van der Waals surface area (Å²) in [4.78, 5) is 1.51. The smallest absolute Gasteiger partial charge is 0.416 e. The summed E-state index contributed by atoms with van der Waals surface area (Å²) in [7, 11) is -4.28. The molecule has 0 spiro atoms. The van der Waals surface area contributed by atoms with Gasteiger partial charge in [0.2, 0.25) is 0 Å². The van der Waals surface area contributed by atoms with Gasteiger partial charge in [0.15, 0.2) is 5.75 Å². The Hall–Kier alpha value is -2.46. The lowest BCUT2D eigenvalue weighted by Crippen LogP contribution is -2.36. The predicted octanol–water partition coefficient (Wildman–Crippen LogP) is 3.63. The van der Waals surface area contributed by atoms with E-state index in [1.165, 1.54) is 12.1 Å². The Morgan fingerprint density at radius 1 is 1.00 bits per heavy atom. The van der Waals surface area contributed by atoms with Gasteiger partial charge in [0.1, 0.15) is 10.6 Å². The molecule has 0 aromatic heterocycles. The molecule has 162 valence electrons. The lowest BCUT2D eigenvalue weighted by molar-refractivity contribution is -0.137. The Labute approximate surface area is 172 Å². The summed E-state index contributed by atoms with van der Waals surface area (Å²) in [6, 6.07) is 7.24. The molecule has 2 aliphatic heterocycles. The number of alkyl halides is 3. The Kier molecular flexibility index (Phi) is 5.54. The standard InChI is InChI=1S/C20H20F3NO5S/c21-20(22,23)15-4-6-18(17(12-15)24-7-10-27-11-8-24)29-30(25,26)16-5-3-14-2-1-9-28-19(14)13-16/h3-6,12-13H,1-2,7-11H2. The zero-order chi connectivity index (χ0) is 21.4. The molecule has 2 aliphatic rings. The number of benzene rings is 2.